The minimum absolute atomic E-state index is 0.0219. The molecule has 0 unspecified atom stereocenters. The molecule has 0 spiro atoms. The Morgan fingerprint density at radius 3 is 2.48 bits per heavy atom. The zero-order valence-corrected chi connectivity index (χ0v) is 17.9. The fraction of sp³-hybridized carbons (Fsp3) is 0.737. The van der Waals surface area contributed by atoms with Crippen LogP contribution < -0.4 is 0 Å². The number of imidazole rings is 1. The summed E-state index contributed by atoms with van der Waals surface area (Å²) >= 11 is 0. The largest absolute Gasteiger partial charge is 0.466 e. The highest BCUT2D eigenvalue weighted by atomic mass is 32.2. The van der Waals surface area contributed by atoms with Crippen molar-refractivity contribution in [2.75, 3.05) is 32.8 Å². The highest BCUT2D eigenvalue weighted by Crippen LogP contribution is 2.26. The van der Waals surface area contributed by atoms with Gasteiger partial charge in [-0.05, 0) is 39.5 Å². The SMILES string of the molecule is CCOC(=O)C1CCN(C(=O)[C@H]2CCCN(S(=O)(=O)c3cn(CC)cn3)C2)CC1. The first-order valence-electron chi connectivity index (χ1n) is 10.3. The van der Waals surface area contributed by atoms with E-state index >= 15 is 0 Å². The van der Waals surface area contributed by atoms with Crippen LogP contribution in [-0.2, 0) is 30.9 Å². The number of amides is 1. The molecule has 3 rings (SSSR count). The van der Waals surface area contributed by atoms with Gasteiger partial charge in [-0.1, -0.05) is 0 Å². The molecule has 2 aliphatic heterocycles. The van der Waals surface area contributed by atoms with E-state index in [1.807, 2.05) is 6.92 Å². The van der Waals surface area contributed by atoms with Gasteiger partial charge in [-0.2, -0.15) is 4.31 Å². The van der Waals surface area contributed by atoms with Crippen LogP contribution in [0.15, 0.2) is 17.6 Å². The van der Waals surface area contributed by atoms with Crippen LogP contribution in [0.5, 0.6) is 0 Å². The molecule has 2 saturated heterocycles. The van der Waals surface area contributed by atoms with E-state index in [9.17, 15) is 18.0 Å². The molecule has 2 fully saturated rings. The number of sulfonamides is 1. The van der Waals surface area contributed by atoms with Gasteiger partial charge in [-0.25, -0.2) is 13.4 Å². The summed E-state index contributed by atoms with van der Waals surface area (Å²) in [6.07, 6.45) is 5.53. The Hall–Kier alpha value is -1.94. The van der Waals surface area contributed by atoms with E-state index in [0.29, 0.717) is 58.5 Å². The van der Waals surface area contributed by atoms with E-state index in [2.05, 4.69) is 4.98 Å². The van der Waals surface area contributed by atoms with Crippen molar-refractivity contribution >= 4 is 21.9 Å². The number of esters is 1. The molecule has 29 heavy (non-hydrogen) atoms. The van der Waals surface area contributed by atoms with Crippen molar-refractivity contribution in [2.24, 2.45) is 11.8 Å². The van der Waals surface area contributed by atoms with Crippen LogP contribution >= 0.6 is 0 Å². The number of piperidine rings is 2. The Labute approximate surface area is 172 Å². The summed E-state index contributed by atoms with van der Waals surface area (Å²) in [4.78, 5) is 30.7. The molecular formula is C19H30N4O5S. The van der Waals surface area contributed by atoms with E-state index < -0.39 is 10.0 Å². The second-order valence-electron chi connectivity index (χ2n) is 7.60. The molecule has 9 nitrogen and oxygen atoms in total. The molecule has 162 valence electrons. The average molecular weight is 427 g/mol. The Kier molecular flexibility index (Phi) is 6.94. The molecule has 0 saturated carbocycles. The minimum atomic E-state index is -3.71. The van der Waals surface area contributed by atoms with Crippen molar-refractivity contribution < 1.29 is 22.7 Å². The fourth-order valence-corrected chi connectivity index (χ4v) is 5.45. The van der Waals surface area contributed by atoms with Crippen molar-refractivity contribution in [2.45, 2.75) is 51.1 Å². The number of likely N-dealkylation sites (tertiary alicyclic amines) is 1. The first-order valence-corrected chi connectivity index (χ1v) is 11.8. The van der Waals surface area contributed by atoms with Gasteiger partial charge in [0.15, 0.2) is 5.03 Å². The van der Waals surface area contributed by atoms with Crippen LogP contribution in [0.1, 0.15) is 39.5 Å². The lowest BCUT2D eigenvalue weighted by Crippen LogP contribution is -2.49. The highest BCUT2D eigenvalue weighted by molar-refractivity contribution is 7.89. The monoisotopic (exact) mass is 426 g/mol. The van der Waals surface area contributed by atoms with Gasteiger partial charge in [0.05, 0.1) is 24.8 Å². The number of aryl methyl sites for hydroxylation is 1. The number of carbonyl (C=O) groups excluding carboxylic acids is 2. The van der Waals surface area contributed by atoms with E-state index in [4.69, 9.17) is 4.74 Å². The molecule has 0 aliphatic carbocycles. The third kappa shape index (κ3) is 4.80. The fourth-order valence-electron chi connectivity index (χ4n) is 3.99. The maximum Gasteiger partial charge on any atom is 0.309 e. The first-order chi connectivity index (χ1) is 13.9. The molecule has 0 bridgehead atoms. The summed E-state index contributed by atoms with van der Waals surface area (Å²) in [7, 11) is -3.71. The van der Waals surface area contributed by atoms with Crippen LogP contribution in [0.25, 0.3) is 0 Å². The predicted molar refractivity (Wildman–Crippen MR) is 105 cm³/mol. The summed E-state index contributed by atoms with van der Waals surface area (Å²) in [5.74, 6) is -0.728. The van der Waals surface area contributed by atoms with E-state index in [1.165, 1.54) is 16.8 Å². The van der Waals surface area contributed by atoms with Crippen LogP contribution in [-0.4, -0.2) is 71.8 Å². The molecule has 2 aliphatic rings. The third-order valence-corrected chi connectivity index (χ3v) is 7.49. The summed E-state index contributed by atoms with van der Waals surface area (Å²) in [6, 6.07) is 0. The highest BCUT2D eigenvalue weighted by Gasteiger charge is 2.37. The second kappa shape index (κ2) is 9.25. The van der Waals surface area contributed by atoms with Gasteiger partial charge >= 0.3 is 5.97 Å². The molecule has 3 heterocycles. The number of rotatable bonds is 6. The van der Waals surface area contributed by atoms with Crippen molar-refractivity contribution in [3.05, 3.63) is 12.5 Å². The van der Waals surface area contributed by atoms with Gasteiger partial charge in [-0.15, -0.1) is 0 Å². The van der Waals surface area contributed by atoms with Crippen LogP contribution in [0.2, 0.25) is 0 Å². The molecule has 1 aromatic heterocycles. The lowest BCUT2D eigenvalue weighted by molar-refractivity contribution is -0.152. The van der Waals surface area contributed by atoms with Crippen LogP contribution in [0, 0.1) is 11.8 Å². The first kappa shape index (κ1) is 21.8. The maximum absolute atomic E-state index is 13.0. The second-order valence-corrected chi connectivity index (χ2v) is 9.48. The normalized spacial score (nSPS) is 21.9. The number of hydrogen-bond acceptors (Lipinski definition) is 6. The van der Waals surface area contributed by atoms with Crippen molar-refractivity contribution in [1.82, 2.24) is 18.8 Å². The quantitative estimate of drug-likeness (QED) is 0.632. The number of aromatic nitrogens is 2. The van der Waals surface area contributed by atoms with Gasteiger partial charge in [0.25, 0.3) is 10.0 Å². The van der Waals surface area contributed by atoms with E-state index in [0.717, 1.165) is 0 Å². The smallest absolute Gasteiger partial charge is 0.309 e. The van der Waals surface area contributed by atoms with E-state index in [1.54, 1.807) is 16.4 Å². The molecular weight excluding hydrogens is 396 g/mol. The molecule has 1 aromatic rings. The summed E-state index contributed by atoms with van der Waals surface area (Å²) in [6.45, 7) is 6.30. The molecule has 1 atom stereocenters. The Balaban J connectivity index is 1.60. The number of nitrogens with zero attached hydrogens (tertiary/aromatic N) is 4. The minimum Gasteiger partial charge on any atom is -0.466 e. The number of hydrogen-bond donors (Lipinski definition) is 0. The number of ether oxygens (including phenoxy) is 1. The van der Waals surface area contributed by atoms with Crippen molar-refractivity contribution in [3.63, 3.8) is 0 Å². The maximum atomic E-state index is 13.0. The van der Waals surface area contributed by atoms with Gasteiger partial charge in [0.2, 0.25) is 5.91 Å². The van der Waals surface area contributed by atoms with E-state index in [-0.39, 0.29) is 35.3 Å². The predicted octanol–water partition coefficient (Wildman–Crippen LogP) is 1.11. The average Bonchev–Trinajstić information content (AvgIpc) is 3.24. The van der Waals surface area contributed by atoms with Gasteiger partial charge in [-0.3, -0.25) is 9.59 Å². The van der Waals surface area contributed by atoms with Crippen LogP contribution in [0.3, 0.4) is 0 Å². The molecule has 1 amide bonds. The van der Waals surface area contributed by atoms with Gasteiger partial charge < -0.3 is 14.2 Å². The van der Waals surface area contributed by atoms with Crippen molar-refractivity contribution in [3.8, 4) is 0 Å². The molecule has 0 aromatic carbocycles. The summed E-state index contributed by atoms with van der Waals surface area (Å²) in [5, 5.41) is 0.0303. The zero-order valence-electron chi connectivity index (χ0n) is 17.1. The third-order valence-electron chi connectivity index (χ3n) is 5.74. The molecule has 10 heteroatoms. The zero-order chi connectivity index (χ0) is 21.0. The lowest BCUT2D eigenvalue weighted by atomic mass is 9.93. The topological polar surface area (TPSA) is 102 Å². The lowest BCUT2D eigenvalue weighted by Gasteiger charge is -2.36. The summed E-state index contributed by atoms with van der Waals surface area (Å²) in [5.41, 5.74) is 0. The Bertz CT molecular complexity index is 829. The standard InChI is InChI=1S/C19H30N4O5S/c1-3-21-13-17(20-14-21)29(26,27)23-9-5-6-16(12-23)18(24)22-10-7-15(8-11-22)19(25)28-4-2/h13-16H,3-12H2,1-2H3/t16-/m0/s1. The molecule has 0 radical (unpaired) electrons. The summed E-state index contributed by atoms with van der Waals surface area (Å²) < 4.78 is 34.0. The van der Waals surface area contributed by atoms with Gasteiger partial charge in [0, 0.05) is 38.9 Å². The van der Waals surface area contributed by atoms with Crippen molar-refractivity contribution in [1.29, 1.82) is 0 Å². The Morgan fingerprint density at radius 1 is 1.14 bits per heavy atom. The van der Waals surface area contributed by atoms with Crippen LogP contribution in [0.4, 0.5) is 0 Å². The molecule has 0 N–H and O–H groups in total. The number of carbonyl (C=O) groups is 2. The Morgan fingerprint density at radius 2 is 1.86 bits per heavy atom. The van der Waals surface area contributed by atoms with Gasteiger partial charge in [0.1, 0.15) is 0 Å².